The Hall–Kier alpha value is -2.75. The van der Waals surface area contributed by atoms with Crippen LogP contribution in [0.2, 0.25) is 0 Å². The van der Waals surface area contributed by atoms with Gasteiger partial charge < -0.3 is 14.9 Å². The number of hydrogen-bond acceptors (Lipinski definition) is 4. The number of ketones is 1. The largest absolute Gasteiger partial charge is 0.507 e. The molecule has 0 atom stereocenters. The lowest BCUT2D eigenvalue weighted by Gasteiger charge is -2.04. The van der Waals surface area contributed by atoms with Gasteiger partial charge in [0.2, 0.25) is 0 Å². The van der Waals surface area contributed by atoms with E-state index in [2.05, 4.69) is 0 Å². The summed E-state index contributed by atoms with van der Waals surface area (Å²) in [4.78, 5) is 12.3. The highest BCUT2D eigenvalue weighted by Gasteiger charge is 2.27. The van der Waals surface area contributed by atoms with Gasteiger partial charge in [-0.05, 0) is 35.4 Å². The van der Waals surface area contributed by atoms with Crippen molar-refractivity contribution in [2.24, 2.45) is 0 Å². The molecule has 0 aliphatic heterocycles. The molecule has 0 saturated carbocycles. The lowest BCUT2D eigenvalue weighted by atomic mass is 10.1. The van der Waals surface area contributed by atoms with Crippen LogP contribution in [0.1, 0.15) is 21.5 Å². The number of ether oxygens (including phenoxy) is 1. The van der Waals surface area contributed by atoms with Crippen molar-refractivity contribution in [3.8, 4) is 17.2 Å². The number of rotatable bonds is 2. The third-order valence-electron chi connectivity index (χ3n) is 3.57. The number of fused-ring (bicyclic) bond motifs is 1. The Bertz CT molecular complexity index is 759. The monoisotopic (exact) mass is 282 g/mol. The summed E-state index contributed by atoms with van der Waals surface area (Å²) < 4.78 is 4.99. The van der Waals surface area contributed by atoms with E-state index in [0.717, 1.165) is 5.56 Å². The Morgan fingerprint density at radius 3 is 2.62 bits per heavy atom. The molecule has 1 aliphatic carbocycles. The van der Waals surface area contributed by atoms with Gasteiger partial charge in [0, 0.05) is 12.0 Å². The highest BCUT2D eigenvalue weighted by molar-refractivity contribution is 6.17. The number of methoxy groups -OCH3 is 1. The minimum atomic E-state index is -0.168. The lowest BCUT2D eigenvalue weighted by molar-refractivity contribution is 0.103. The van der Waals surface area contributed by atoms with Gasteiger partial charge in [0.15, 0.2) is 17.3 Å². The van der Waals surface area contributed by atoms with E-state index in [1.54, 1.807) is 30.3 Å². The summed E-state index contributed by atoms with van der Waals surface area (Å²) in [5.41, 5.74) is 2.51. The molecule has 106 valence electrons. The Kier molecular flexibility index (Phi) is 3.14. The molecule has 0 radical (unpaired) electrons. The van der Waals surface area contributed by atoms with E-state index < -0.39 is 0 Å². The average molecular weight is 282 g/mol. The van der Waals surface area contributed by atoms with Crippen molar-refractivity contribution in [2.45, 2.75) is 6.42 Å². The maximum absolute atomic E-state index is 12.3. The first-order chi connectivity index (χ1) is 10.1. The highest BCUT2D eigenvalue weighted by Crippen LogP contribution is 2.34. The molecule has 0 fully saturated rings. The van der Waals surface area contributed by atoms with Crippen molar-refractivity contribution in [2.75, 3.05) is 7.11 Å². The number of phenols is 2. The molecule has 0 aromatic heterocycles. The van der Waals surface area contributed by atoms with E-state index in [4.69, 9.17) is 4.74 Å². The van der Waals surface area contributed by atoms with E-state index in [9.17, 15) is 15.0 Å². The fourth-order valence-electron chi connectivity index (χ4n) is 2.56. The summed E-state index contributed by atoms with van der Waals surface area (Å²) in [6.07, 6.45) is 2.20. The first-order valence-electron chi connectivity index (χ1n) is 6.53. The molecule has 0 unspecified atom stereocenters. The zero-order chi connectivity index (χ0) is 15.0. The first kappa shape index (κ1) is 13.2. The minimum Gasteiger partial charge on any atom is -0.507 e. The van der Waals surface area contributed by atoms with Gasteiger partial charge in [-0.1, -0.05) is 18.2 Å². The van der Waals surface area contributed by atoms with Crippen LogP contribution in [0.15, 0.2) is 42.0 Å². The molecule has 0 amide bonds. The molecule has 2 N–H and O–H groups in total. The summed E-state index contributed by atoms with van der Waals surface area (Å²) >= 11 is 0. The van der Waals surface area contributed by atoms with Crippen LogP contribution in [-0.2, 0) is 6.42 Å². The number of carbonyl (C=O) groups is 1. The predicted molar refractivity (Wildman–Crippen MR) is 78.8 cm³/mol. The molecule has 0 heterocycles. The fourth-order valence-corrected chi connectivity index (χ4v) is 2.56. The molecule has 2 aromatic rings. The Morgan fingerprint density at radius 2 is 1.95 bits per heavy atom. The van der Waals surface area contributed by atoms with Gasteiger partial charge in [0.25, 0.3) is 0 Å². The summed E-state index contributed by atoms with van der Waals surface area (Å²) in [5.74, 6) is 0.255. The van der Waals surface area contributed by atoms with Crippen molar-refractivity contribution in [3.05, 3.63) is 58.7 Å². The van der Waals surface area contributed by atoms with E-state index in [0.29, 0.717) is 28.9 Å². The molecule has 4 nitrogen and oxygen atoms in total. The molecule has 2 aromatic carbocycles. The molecule has 21 heavy (non-hydrogen) atoms. The maximum Gasteiger partial charge on any atom is 0.193 e. The van der Waals surface area contributed by atoms with Crippen LogP contribution in [0, 0.1) is 0 Å². The lowest BCUT2D eigenvalue weighted by Crippen LogP contribution is -1.95. The molecule has 0 saturated heterocycles. The van der Waals surface area contributed by atoms with Crippen LogP contribution in [0.4, 0.5) is 0 Å². The van der Waals surface area contributed by atoms with Crippen molar-refractivity contribution in [1.82, 2.24) is 0 Å². The van der Waals surface area contributed by atoms with Gasteiger partial charge in [-0.25, -0.2) is 0 Å². The molecule has 3 rings (SSSR count). The SMILES string of the molecule is COc1ccc(C=C2Cc3cccc(O)c3C2=O)cc1O. The van der Waals surface area contributed by atoms with Gasteiger partial charge in [0.05, 0.1) is 12.7 Å². The summed E-state index contributed by atoms with van der Waals surface area (Å²) in [5, 5.41) is 19.6. The summed E-state index contributed by atoms with van der Waals surface area (Å²) in [7, 11) is 1.48. The third kappa shape index (κ3) is 2.25. The second kappa shape index (κ2) is 4.98. The standard InChI is InChI=1S/C17H14O4/c1-21-15-6-5-10(8-14(15)19)7-12-9-11-3-2-4-13(18)16(11)17(12)20/h2-8,18-19H,9H2,1H3. The number of carbonyl (C=O) groups excluding carboxylic acids is 1. The first-order valence-corrected chi connectivity index (χ1v) is 6.53. The van der Waals surface area contributed by atoms with Crippen LogP contribution >= 0.6 is 0 Å². The quantitative estimate of drug-likeness (QED) is 0.831. The van der Waals surface area contributed by atoms with Crippen LogP contribution in [0.5, 0.6) is 17.2 Å². The predicted octanol–water partition coefficient (Wildman–Crippen LogP) is 2.93. The van der Waals surface area contributed by atoms with Crippen molar-refractivity contribution >= 4 is 11.9 Å². The van der Waals surface area contributed by atoms with E-state index in [-0.39, 0.29) is 17.3 Å². The maximum atomic E-state index is 12.3. The molecule has 1 aliphatic rings. The molecule has 4 heteroatoms. The highest BCUT2D eigenvalue weighted by atomic mass is 16.5. The van der Waals surface area contributed by atoms with Gasteiger partial charge in [-0.3, -0.25) is 4.79 Å². The Balaban J connectivity index is 1.98. The number of allylic oxidation sites excluding steroid dienone is 1. The second-order valence-electron chi connectivity index (χ2n) is 4.92. The topological polar surface area (TPSA) is 66.8 Å². The van der Waals surface area contributed by atoms with Gasteiger partial charge in [-0.2, -0.15) is 0 Å². The molecule has 0 bridgehead atoms. The van der Waals surface area contributed by atoms with Gasteiger partial charge >= 0.3 is 0 Å². The average Bonchev–Trinajstić information content (AvgIpc) is 2.77. The fraction of sp³-hybridized carbons (Fsp3) is 0.118. The van der Waals surface area contributed by atoms with E-state index in [1.807, 2.05) is 6.07 Å². The van der Waals surface area contributed by atoms with Crippen molar-refractivity contribution in [1.29, 1.82) is 0 Å². The van der Waals surface area contributed by atoms with Crippen molar-refractivity contribution < 1.29 is 19.7 Å². The number of phenolic OH excluding ortho intramolecular Hbond substituents is 2. The van der Waals surface area contributed by atoms with Crippen LogP contribution in [-0.4, -0.2) is 23.1 Å². The number of aromatic hydroxyl groups is 2. The number of Topliss-reactive ketones (excluding diaryl/α,β-unsaturated/α-hetero) is 1. The molecular weight excluding hydrogens is 268 g/mol. The van der Waals surface area contributed by atoms with E-state index in [1.165, 1.54) is 13.2 Å². The minimum absolute atomic E-state index is 0.0125. The number of hydrogen-bond donors (Lipinski definition) is 2. The number of benzene rings is 2. The Morgan fingerprint density at radius 1 is 1.14 bits per heavy atom. The Labute approximate surface area is 121 Å². The zero-order valence-corrected chi connectivity index (χ0v) is 11.5. The van der Waals surface area contributed by atoms with Gasteiger partial charge in [-0.15, -0.1) is 0 Å². The van der Waals surface area contributed by atoms with Crippen molar-refractivity contribution in [3.63, 3.8) is 0 Å². The zero-order valence-electron chi connectivity index (χ0n) is 11.5. The van der Waals surface area contributed by atoms with E-state index >= 15 is 0 Å². The molecular formula is C17H14O4. The summed E-state index contributed by atoms with van der Waals surface area (Å²) in [6, 6.07) is 10.0. The van der Waals surface area contributed by atoms with Gasteiger partial charge in [0.1, 0.15) is 5.75 Å². The van der Waals surface area contributed by atoms with Crippen LogP contribution in [0.3, 0.4) is 0 Å². The smallest absolute Gasteiger partial charge is 0.193 e. The van der Waals surface area contributed by atoms with Crippen LogP contribution in [0.25, 0.3) is 6.08 Å². The third-order valence-corrected chi connectivity index (χ3v) is 3.57. The normalized spacial score (nSPS) is 15.3. The summed E-state index contributed by atoms with van der Waals surface area (Å²) in [6.45, 7) is 0. The van der Waals surface area contributed by atoms with Crippen LogP contribution < -0.4 is 4.74 Å². The second-order valence-corrected chi connectivity index (χ2v) is 4.92. The molecule has 0 spiro atoms.